The van der Waals surface area contributed by atoms with Crippen molar-refractivity contribution in [2.45, 2.75) is 18.6 Å². The third-order valence-electron chi connectivity index (χ3n) is 2.45. The first-order valence-corrected chi connectivity index (χ1v) is 5.12. The second kappa shape index (κ2) is 5.96. The Balaban J connectivity index is 2.30. The van der Waals surface area contributed by atoms with Crippen molar-refractivity contribution in [2.24, 2.45) is 0 Å². The normalized spacial score (nSPS) is 26.7. The van der Waals surface area contributed by atoms with Crippen LogP contribution < -0.4 is 5.32 Å². The van der Waals surface area contributed by atoms with Crippen LogP contribution in [0.4, 0.5) is 0 Å². The van der Waals surface area contributed by atoms with Gasteiger partial charge in [0.25, 0.3) is 0 Å². The third-order valence-corrected chi connectivity index (χ3v) is 2.45. The summed E-state index contributed by atoms with van der Waals surface area (Å²) in [7, 11) is 0. The van der Waals surface area contributed by atoms with E-state index in [4.69, 9.17) is 0 Å². The number of β-amino-alcohol motifs (C(OH)–C–C–N with tert-alkyl or cyclic N) is 1. The molecule has 0 spiro atoms. The average Bonchev–Trinajstić information content (AvgIpc) is 2.52. The fraction of sp³-hybridized carbons (Fsp3) is 0.636. The SMILES string of the molecule is C=CCN(CC=C)CC1CC(O)CN1. The molecule has 0 bridgehead atoms. The Hall–Kier alpha value is -0.640. The van der Waals surface area contributed by atoms with Crippen molar-refractivity contribution in [1.29, 1.82) is 0 Å². The van der Waals surface area contributed by atoms with Crippen molar-refractivity contribution in [3.63, 3.8) is 0 Å². The first-order chi connectivity index (χ1) is 6.76. The predicted octanol–water partition coefficient (Wildman–Crippen LogP) is 0.383. The van der Waals surface area contributed by atoms with Gasteiger partial charge in [-0.05, 0) is 6.42 Å². The number of nitrogens with one attached hydrogen (secondary N) is 1. The van der Waals surface area contributed by atoms with Crippen LogP contribution in [-0.4, -0.2) is 48.3 Å². The minimum absolute atomic E-state index is 0.172. The summed E-state index contributed by atoms with van der Waals surface area (Å²) in [6.07, 6.45) is 4.48. The average molecular weight is 196 g/mol. The maximum atomic E-state index is 9.35. The highest BCUT2D eigenvalue weighted by Crippen LogP contribution is 2.07. The van der Waals surface area contributed by atoms with Crippen LogP contribution in [0, 0.1) is 0 Å². The van der Waals surface area contributed by atoms with E-state index in [1.54, 1.807) is 0 Å². The van der Waals surface area contributed by atoms with Crippen LogP contribution in [0.15, 0.2) is 25.3 Å². The summed E-state index contributed by atoms with van der Waals surface area (Å²) < 4.78 is 0. The Morgan fingerprint density at radius 2 is 2.00 bits per heavy atom. The molecule has 0 radical (unpaired) electrons. The predicted molar refractivity (Wildman–Crippen MR) is 59.2 cm³/mol. The highest BCUT2D eigenvalue weighted by atomic mass is 16.3. The molecular formula is C11H20N2O. The van der Waals surface area contributed by atoms with E-state index in [-0.39, 0.29) is 6.10 Å². The van der Waals surface area contributed by atoms with Crippen LogP contribution in [0.3, 0.4) is 0 Å². The molecule has 14 heavy (non-hydrogen) atoms. The second-order valence-corrected chi connectivity index (χ2v) is 3.79. The van der Waals surface area contributed by atoms with Crippen LogP contribution >= 0.6 is 0 Å². The van der Waals surface area contributed by atoms with Gasteiger partial charge >= 0.3 is 0 Å². The number of aliphatic hydroxyl groups is 1. The van der Waals surface area contributed by atoms with E-state index < -0.39 is 0 Å². The maximum Gasteiger partial charge on any atom is 0.0680 e. The molecule has 0 saturated carbocycles. The molecule has 1 fully saturated rings. The van der Waals surface area contributed by atoms with Gasteiger partial charge in [0.2, 0.25) is 0 Å². The minimum Gasteiger partial charge on any atom is -0.392 e. The summed E-state index contributed by atoms with van der Waals surface area (Å²) in [4.78, 5) is 2.26. The number of rotatable bonds is 6. The molecule has 1 aliphatic heterocycles. The fourth-order valence-corrected chi connectivity index (χ4v) is 1.84. The maximum absolute atomic E-state index is 9.35. The van der Waals surface area contributed by atoms with Gasteiger partial charge in [0.05, 0.1) is 6.10 Å². The third kappa shape index (κ3) is 3.62. The van der Waals surface area contributed by atoms with Gasteiger partial charge in [-0.1, -0.05) is 12.2 Å². The van der Waals surface area contributed by atoms with E-state index in [9.17, 15) is 5.11 Å². The fourth-order valence-electron chi connectivity index (χ4n) is 1.84. The van der Waals surface area contributed by atoms with E-state index in [1.165, 1.54) is 0 Å². The highest BCUT2D eigenvalue weighted by molar-refractivity contribution is 4.87. The summed E-state index contributed by atoms with van der Waals surface area (Å²) in [5.41, 5.74) is 0. The van der Waals surface area contributed by atoms with Crippen molar-refractivity contribution >= 4 is 0 Å². The minimum atomic E-state index is -0.172. The van der Waals surface area contributed by atoms with Crippen molar-refractivity contribution in [3.05, 3.63) is 25.3 Å². The summed E-state index contributed by atoms with van der Waals surface area (Å²) in [5.74, 6) is 0. The highest BCUT2D eigenvalue weighted by Gasteiger charge is 2.23. The van der Waals surface area contributed by atoms with Gasteiger partial charge in [0.15, 0.2) is 0 Å². The molecule has 2 atom stereocenters. The van der Waals surface area contributed by atoms with Gasteiger partial charge in [-0.3, -0.25) is 4.90 Å². The van der Waals surface area contributed by atoms with Gasteiger partial charge in [0.1, 0.15) is 0 Å². The number of aliphatic hydroxyl groups excluding tert-OH is 1. The van der Waals surface area contributed by atoms with Gasteiger partial charge in [-0.2, -0.15) is 0 Å². The number of nitrogens with zero attached hydrogens (tertiary/aromatic N) is 1. The van der Waals surface area contributed by atoms with Crippen molar-refractivity contribution < 1.29 is 5.11 Å². The summed E-state index contributed by atoms with van der Waals surface area (Å²) >= 11 is 0. The second-order valence-electron chi connectivity index (χ2n) is 3.79. The monoisotopic (exact) mass is 196 g/mol. The summed E-state index contributed by atoms with van der Waals surface area (Å²) in [6.45, 7) is 10.9. The first kappa shape index (κ1) is 11.4. The smallest absolute Gasteiger partial charge is 0.0680 e. The molecule has 1 aliphatic rings. The van der Waals surface area contributed by atoms with Crippen LogP contribution in [0.2, 0.25) is 0 Å². The lowest BCUT2D eigenvalue weighted by Gasteiger charge is -2.22. The molecule has 3 heteroatoms. The van der Waals surface area contributed by atoms with E-state index in [0.29, 0.717) is 6.04 Å². The molecule has 1 rings (SSSR count). The topological polar surface area (TPSA) is 35.5 Å². The molecule has 80 valence electrons. The summed E-state index contributed by atoms with van der Waals surface area (Å²) in [5, 5.41) is 12.6. The van der Waals surface area contributed by atoms with E-state index in [0.717, 1.165) is 32.6 Å². The van der Waals surface area contributed by atoms with Crippen LogP contribution in [0.1, 0.15) is 6.42 Å². The largest absolute Gasteiger partial charge is 0.392 e. The van der Waals surface area contributed by atoms with Crippen molar-refractivity contribution in [1.82, 2.24) is 10.2 Å². The molecule has 1 heterocycles. The number of hydrogen-bond donors (Lipinski definition) is 2. The van der Waals surface area contributed by atoms with Gasteiger partial charge in [-0.25, -0.2) is 0 Å². The Bertz CT molecular complexity index is 184. The zero-order chi connectivity index (χ0) is 10.4. The molecule has 0 aromatic rings. The zero-order valence-corrected chi connectivity index (χ0v) is 8.65. The molecule has 3 nitrogen and oxygen atoms in total. The molecular weight excluding hydrogens is 176 g/mol. The lowest BCUT2D eigenvalue weighted by Crippen LogP contribution is -2.37. The molecule has 1 saturated heterocycles. The Labute approximate surface area is 86.1 Å². The van der Waals surface area contributed by atoms with E-state index >= 15 is 0 Å². The van der Waals surface area contributed by atoms with E-state index in [2.05, 4.69) is 23.4 Å². The van der Waals surface area contributed by atoms with Crippen molar-refractivity contribution in [3.8, 4) is 0 Å². The lowest BCUT2D eigenvalue weighted by molar-refractivity contribution is 0.189. The summed E-state index contributed by atoms with van der Waals surface area (Å²) in [6, 6.07) is 0.407. The lowest BCUT2D eigenvalue weighted by atomic mass is 10.2. The van der Waals surface area contributed by atoms with Crippen LogP contribution in [0.5, 0.6) is 0 Å². The van der Waals surface area contributed by atoms with Crippen molar-refractivity contribution in [2.75, 3.05) is 26.2 Å². The molecule has 0 aliphatic carbocycles. The van der Waals surface area contributed by atoms with Crippen LogP contribution in [0.25, 0.3) is 0 Å². The van der Waals surface area contributed by atoms with Gasteiger partial charge in [-0.15, -0.1) is 13.2 Å². The van der Waals surface area contributed by atoms with Gasteiger partial charge in [0, 0.05) is 32.2 Å². The Morgan fingerprint density at radius 3 is 2.43 bits per heavy atom. The molecule has 0 aromatic heterocycles. The standard InChI is InChI=1S/C11H20N2O/c1-3-5-13(6-4-2)9-10-7-11(14)8-12-10/h3-4,10-12,14H,1-2,5-9H2. The van der Waals surface area contributed by atoms with Crippen LogP contribution in [-0.2, 0) is 0 Å². The molecule has 2 unspecified atom stereocenters. The molecule has 0 amide bonds. The molecule has 2 N–H and O–H groups in total. The first-order valence-electron chi connectivity index (χ1n) is 5.12. The van der Waals surface area contributed by atoms with Gasteiger partial charge < -0.3 is 10.4 Å². The zero-order valence-electron chi connectivity index (χ0n) is 8.65. The number of hydrogen-bond acceptors (Lipinski definition) is 3. The quantitative estimate of drug-likeness (QED) is 0.603. The Morgan fingerprint density at radius 1 is 1.36 bits per heavy atom. The molecule has 0 aromatic carbocycles. The Kier molecular flexibility index (Phi) is 4.87. The van der Waals surface area contributed by atoms with E-state index in [1.807, 2.05) is 12.2 Å².